The molecule has 1 amide bonds. The fourth-order valence-corrected chi connectivity index (χ4v) is 4.84. The Balaban J connectivity index is 1.75. The summed E-state index contributed by atoms with van der Waals surface area (Å²) in [6.45, 7) is 3.23. The zero-order valence-corrected chi connectivity index (χ0v) is 15.4. The molecule has 0 bridgehead atoms. The van der Waals surface area contributed by atoms with Crippen LogP contribution in [0.3, 0.4) is 0 Å². The van der Waals surface area contributed by atoms with Crippen molar-refractivity contribution in [1.29, 1.82) is 0 Å². The van der Waals surface area contributed by atoms with Gasteiger partial charge in [0.05, 0.1) is 24.7 Å². The number of carboxylic acid groups (broad SMARTS) is 1. The molecule has 1 N–H and O–H groups in total. The largest absolute Gasteiger partial charge is 0.481 e. The van der Waals surface area contributed by atoms with E-state index in [1.54, 1.807) is 4.90 Å². The fourth-order valence-electron chi connectivity index (χ4n) is 3.49. The van der Waals surface area contributed by atoms with Crippen LogP contribution in [0.15, 0.2) is 23.1 Å². The Kier molecular flexibility index (Phi) is 6.02. The number of carbonyl (C=O) groups excluding carboxylic acids is 1. The summed E-state index contributed by atoms with van der Waals surface area (Å²) in [6.07, 6.45) is 4.47. The lowest BCUT2D eigenvalue weighted by atomic mass is 10.1. The van der Waals surface area contributed by atoms with Crippen molar-refractivity contribution < 1.29 is 19.4 Å². The fraction of sp³-hybridized carbons (Fsp3) is 0.579. The van der Waals surface area contributed by atoms with Crippen molar-refractivity contribution in [1.82, 2.24) is 4.90 Å². The highest BCUT2D eigenvalue weighted by Gasteiger charge is 2.28. The van der Waals surface area contributed by atoms with Gasteiger partial charge in [-0.05, 0) is 31.9 Å². The van der Waals surface area contributed by atoms with Gasteiger partial charge in [-0.25, -0.2) is 0 Å². The van der Waals surface area contributed by atoms with Gasteiger partial charge in [0.2, 0.25) is 0 Å². The maximum atomic E-state index is 13.1. The predicted molar refractivity (Wildman–Crippen MR) is 97.2 cm³/mol. The van der Waals surface area contributed by atoms with Gasteiger partial charge in [0, 0.05) is 23.2 Å². The van der Waals surface area contributed by atoms with Crippen LogP contribution in [0, 0.1) is 6.92 Å². The smallest absolute Gasteiger partial charge is 0.306 e. The molecule has 1 atom stereocenters. The molecule has 6 heteroatoms. The lowest BCUT2D eigenvalue weighted by Crippen LogP contribution is -2.46. The first-order valence-corrected chi connectivity index (χ1v) is 9.81. The van der Waals surface area contributed by atoms with Gasteiger partial charge < -0.3 is 14.7 Å². The minimum absolute atomic E-state index is 0.0112. The first kappa shape index (κ1) is 18.3. The summed E-state index contributed by atoms with van der Waals surface area (Å²) in [6, 6.07) is 6.07. The van der Waals surface area contributed by atoms with Crippen LogP contribution < -0.4 is 0 Å². The minimum atomic E-state index is -0.896. The van der Waals surface area contributed by atoms with E-state index >= 15 is 0 Å². The number of aryl methyl sites for hydroxylation is 1. The second-order valence-electron chi connectivity index (χ2n) is 6.87. The molecule has 1 aromatic rings. The highest BCUT2D eigenvalue weighted by Crippen LogP contribution is 2.37. The number of hydrogen-bond acceptors (Lipinski definition) is 4. The molecule has 1 heterocycles. The summed E-state index contributed by atoms with van der Waals surface area (Å²) in [5, 5.41) is 9.56. The first-order chi connectivity index (χ1) is 12.0. The molecule has 1 aliphatic heterocycles. The Morgan fingerprint density at radius 3 is 2.80 bits per heavy atom. The molecule has 1 aliphatic carbocycles. The van der Waals surface area contributed by atoms with E-state index in [4.69, 9.17) is 9.84 Å². The zero-order chi connectivity index (χ0) is 17.8. The Bertz CT molecular complexity index is 642. The van der Waals surface area contributed by atoms with E-state index in [1.807, 2.05) is 24.8 Å². The summed E-state index contributed by atoms with van der Waals surface area (Å²) >= 11 is 1.82. The standard InChI is InChI=1S/C19H25NO4S/c1-13-6-7-17(25-15-4-2-3-5-15)16(10-13)19(23)20-8-9-24-14(12-20)11-18(21)22/h6-7,10,14-15H,2-5,8-9,11-12H2,1H3,(H,21,22). The van der Waals surface area contributed by atoms with Crippen LogP contribution >= 0.6 is 11.8 Å². The highest BCUT2D eigenvalue weighted by atomic mass is 32.2. The average molecular weight is 363 g/mol. The Labute approximate surface area is 152 Å². The van der Waals surface area contributed by atoms with Crippen LogP contribution in [-0.4, -0.2) is 52.9 Å². The van der Waals surface area contributed by atoms with Gasteiger partial charge in [0.1, 0.15) is 0 Å². The number of ether oxygens (including phenoxy) is 1. The number of morpholine rings is 1. The third kappa shape index (κ3) is 4.76. The van der Waals surface area contributed by atoms with Crippen LogP contribution in [0.2, 0.25) is 0 Å². The lowest BCUT2D eigenvalue weighted by Gasteiger charge is -2.33. The molecule has 2 aliphatic rings. The molecule has 25 heavy (non-hydrogen) atoms. The molecular formula is C19H25NO4S. The number of nitrogens with zero attached hydrogens (tertiary/aromatic N) is 1. The molecule has 1 saturated carbocycles. The molecule has 0 spiro atoms. The molecule has 2 fully saturated rings. The molecule has 136 valence electrons. The highest BCUT2D eigenvalue weighted by molar-refractivity contribution is 8.00. The van der Waals surface area contributed by atoms with Gasteiger partial charge in [-0.1, -0.05) is 24.5 Å². The van der Waals surface area contributed by atoms with E-state index in [1.165, 1.54) is 25.7 Å². The van der Waals surface area contributed by atoms with E-state index in [2.05, 4.69) is 12.1 Å². The van der Waals surface area contributed by atoms with Gasteiger partial charge in [-0.2, -0.15) is 0 Å². The van der Waals surface area contributed by atoms with Crippen LogP contribution in [0.5, 0.6) is 0 Å². The monoisotopic (exact) mass is 363 g/mol. The van der Waals surface area contributed by atoms with Crippen molar-refractivity contribution in [3.05, 3.63) is 29.3 Å². The predicted octanol–water partition coefficient (Wildman–Crippen LogP) is 3.35. The molecule has 1 aromatic carbocycles. The number of rotatable bonds is 5. The summed E-state index contributed by atoms with van der Waals surface area (Å²) in [5.74, 6) is -0.907. The van der Waals surface area contributed by atoms with Gasteiger partial charge in [0.15, 0.2) is 0 Å². The second kappa shape index (κ2) is 8.23. The number of carboxylic acids is 1. The van der Waals surface area contributed by atoms with Gasteiger partial charge in [-0.3, -0.25) is 9.59 Å². The van der Waals surface area contributed by atoms with E-state index in [0.29, 0.717) is 24.9 Å². The zero-order valence-electron chi connectivity index (χ0n) is 14.6. The van der Waals surface area contributed by atoms with E-state index < -0.39 is 12.1 Å². The Morgan fingerprint density at radius 1 is 1.32 bits per heavy atom. The van der Waals surface area contributed by atoms with Crippen LogP contribution in [0.4, 0.5) is 0 Å². The van der Waals surface area contributed by atoms with Crippen molar-refractivity contribution in [2.75, 3.05) is 19.7 Å². The minimum Gasteiger partial charge on any atom is -0.481 e. The number of amides is 1. The first-order valence-electron chi connectivity index (χ1n) is 8.93. The van der Waals surface area contributed by atoms with Crippen molar-refractivity contribution in [2.24, 2.45) is 0 Å². The maximum Gasteiger partial charge on any atom is 0.306 e. The van der Waals surface area contributed by atoms with Gasteiger partial charge >= 0.3 is 5.97 Å². The summed E-state index contributed by atoms with van der Waals surface area (Å²) in [4.78, 5) is 26.8. The quantitative estimate of drug-likeness (QED) is 0.869. The van der Waals surface area contributed by atoms with Gasteiger partial charge in [0.25, 0.3) is 5.91 Å². The van der Waals surface area contributed by atoms with Crippen LogP contribution in [0.25, 0.3) is 0 Å². The summed E-state index contributed by atoms with van der Waals surface area (Å²) in [7, 11) is 0. The Hall–Kier alpha value is -1.53. The number of aliphatic carboxylic acids is 1. The van der Waals surface area contributed by atoms with E-state index in [-0.39, 0.29) is 12.3 Å². The number of thioether (sulfide) groups is 1. The van der Waals surface area contributed by atoms with Crippen LogP contribution in [0.1, 0.15) is 48.0 Å². The second-order valence-corrected chi connectivity index (χ2v) is 8.21. The van der Waals surface area contributed by atoms with E-state index in [0.717, 1.165) is 16.0 Å². The Morgan fingerprint density at radius 2 is 2.08 bits per heavy atom. The topological polar surface area (TPSA) is 66.8 Å². The van der Waals surface area contributed by atoms with Crippen molar-refractivity contribution in [3.8, 4) is 0 Å². The van der Waals surface area contributed by atoms with Gasteiger partial charge in [-0.15, -0.1) is 11.8 Å². The maximum absolute atomic E-state index is 13.1. The number of carbonyl (C=O) groups is 2. The lowest BCUT2D eigenvalue weighted by molar-refractivity contribution is -0.141. The average Bonchev–Trinajstić information content (AvgIpc) is 3.08. The third-order valence-corrected chi connectivity index (χ3v) is 6.20. The molecule has 0 aromatic heterocycles. The summed E-state index contributed by atoms with van der Waals surface area (Å²) < 4.78 is 5.49. The number of benzene rings is 1. The van der Waals surface area contributed by atoms with Crippen LogP contribution in [-0.2, 0) is 9.53 Å². The molecule has 0 radical (unpaired) electrons. The normalized spacial score (nSPS) is 21.5. The molecule has 5 nitrogen and oxygen atoms in total. The summed E-state index contributed by atoms with van der Waals surface area (Å²) in [5.41, 5.74) is 1.81. The van der Waals surface area contributed by atoms with Crippen molar-refractivity contribution in [3.63, 3.8) is 0 Å². The van der Waals surface area contributed by atoms with Crippen molar-refractivity contribution in [2.45, 2.75) is 55.3 Å². The molecule has 1 unspecified atom stereocenters. The van der Waals surface area contributed by atoms with E-state index in [9.17, 15) is 9.59 Å². The number of hydrogen-bond donors (Lipinski definition) is 1. The molecular weight excluding hydrogens is 338 g/mol. The molecule has 3 rings (SSSR count). The third-order valence-electron chi connectivity index (χ3n) is 4.79. The van der Waals surface area contributed by atoms with Crippen molar-refractivity contribution >= 4 is 23.6 Å². The SMILES string of the molecule is Cc1ccc(SC2CCCC2)c(C(=O)N2CCOC(CC(=O)O)C2)c1. The molecule has 1 saturated heterocycles.